The van der Waals surface area contributed by atoms with Gasteiger partial charge >= 0.3 is 0 Å². The predicted octanol–water partition coefficient (Wildman–Crippen LogP) is 2.73. The van der Waals surface area contributed by atoms with Gasteiger partial charge in [-0.25, -0.2) is 8.42 Å². The van der Waals surface area contributed by atoms with Crippen LogP contribution in [-0.2, 0) is 14.6 Å². The van der Waals surface area contributed by atoms with Crippen molar-refractivity contribution in [2.45, 2.75) is 41.4 Å². The molecule has 1 aliphatic heterocycles. The molecule has 1 saturated carbocycles. The second kappa shape index (κ2) is 7.47. The number of fused-ring (bicyclic) bond motifs is 1. The summed E-state index contributed by atoms with van der Waals surface area (Å²) in [6.45, 7) is 0.495. The molecule has 2 aliphatic rings. The van der Waals surface area contributed by atoms with Gasteiger partial charge in [-0.3, -0.25) is 4.79 Å². The van der Waals surface area contributed by atoms with E-state index in [0.717, 1.165) is 12.8 Å². The molecule has 1 heterocycles. The standard InChI is InChI=1S/C21H23NO5S/c23-20(22-14-16-15-26-18-10-4-5-11-19(18)27-16)21(12-6-7-13-21)28(24,25)17-8-2-1-3-9-17/h1-5,8-11,16H,6-7,12-15H2,(H,22,23). The first-order chi connectivity index (χ1) is 13.5. The van der Waals surface area contributed by atoms with Crippen LogP contribution in [0.3, 0.4) is 0 Å². The highest BCUT2D eigenvalue weighted by Crippen LogP contribution is 2.40. The van der Waals surface area contributed by atoms with Crippen LogP contribution in [-0.4, -0.2) is 38.3 Å². The van der Waals surface area contributed by atoms with E-state index in [-0.39, 0.29) is 17.5 Å². The molecule has 2 aromatic carbocycles. The van der Waals surface area contributed by atoms with E-state index in [0.29, 0.717) is 30.9 Å². The summed E-state index contributed by atoms with van der Waals surface area (Å²) in [4.78, 5) is 13.3. The highest BCUT2D eigenvalue weighted by molar-refractivity contribution is 7.93. The van der Waals surface area contributed by atoms with Gasteiger partial charge in [0.05, 0.1) is 11.4 Å². The third-order valence-electron chi connectivity index (χ3n) is 5.45. The van der Waals surface area contributed by atoms with Crippen LogP contribution < -0.4 is 14.8 Å². The number of benzene rings is 2. The monoisotopic (exact) mass is 401 g/mol. The molecule has 1 fully saturated rings. The van der Waals surface area contributed by atoms with Crippen molar-refractivity contribution >= 4 is 15.7 Å². The van der Waals surface area contributed by atoms with Crippen LogP contribution in [0.5, 0.6) is 11.5 Å². The second-order valence-corrected chi connectivity index (χ2v) is 9.49. The minimum Gasteiger partial charge on any atom is -0.486 e. The van der Waals surface area contributed by atoms with Crippen LogP contribution in [0, 0.1) is 0 Å². The lowest BCUT2D eigenvalue weighted by molar-refractivity contribution is -0.124. The number of nitrogens with one attached hydrogen (secondary N) is 1. The van der Waals surface area contributed by atoms with E-state index < -0.39 is 20.5 Å². The zero-order valence-corrected chi connectivity index (χ0v) is 16.3. The number of sulfone groups is 1. The summed E-state index contributed by atoms with van der Waals surface area (Å²) in [5, 5.41) is 2.82. The van der Waals surface area contributed by atoms with Gasteiger partial charge in [-0.2, -0.15) is 0 Å². The van der Waals surface area contributed by atoms with Crippen LogP contribution in [0.15, 0.2) is 59.5 Å². The maximum Gasteiger partial charge on any atom is 0.241 e. The molecule has 4 rings (SSSR count). The molecule has 0 radical (unpaired) electrons. The summed E-state index contributed by atoms with van der Waals surface area (Å²) in [6, 6.07) is 15.6. The average Bonchev–Trinajstić information content (AvgIpc) is 3.24. The normalized spacial score (nSPS) is 20.5. The van der Waals surface area contributed by atoms with Gasteiger partial charge in [0, 0.05) is 0 Å². The fourth-order valence-electron chi connectivity index (χ4n) is 3.92. The predicted molar refractivity (Wildman–Crippen MR) is 104 cm³/mol. The quantitative estimate of drug-likeness (QED) is 0.833. The molecule has 2 aromatic rings. The number of carbonyl (C=O) groups is 1. The number of carbonyl (C=O) groups excluding carboxylic acids is 1. The number of ether oxygens (including phenoxy) is 2. The van der Waals surface area contributed by atoms with E-state index >= 15 is 0 Å². The Bertz CT molecular complexity index is 952. The van der Waals surface area contributed by atoms with Crippen molar-refractivity contribution in [3.05, 3.63) is 54.6 Å². The largest absolute Gasteiger partial charge is 0.486 e. The van der Waals surface area contributed by atoms with Gasteiger partial charge in [-0.05, 0) is 37.1 Å². The number of para-hydroxylation sites is 2. The van der Waals surface area contributed by atoms with Gasteiger partial charge in [0.2, 0.25) is 5.91 Å². The number of amides is 1. The Morgan fingerprint density at radius 1 is 1.00 bits per heavy atom. The Kier molecular flexibility index (Phi) is 5.02. The summed E-state index contributed by atoms with van der Waals surface area (Å²) in [5.74, 6) is 0.848. The van der Waals surface area contributed by atoms with Gasteiger partial charge in [0.15, 0.2) is 26.1 Å². The molecule has 6 nitrogen and oxygen atoms in total. The molecule has 1 amide bonds. The van der Waals surface area contributed by atoms with E-state index in [9.17, 15) is 13.2 Å². The van der Waals surface area contributed by atoms with E-state index in [1.165, 1.54) is 0 Å². The molecule has 148 valence electrons. The molecule has 0 aromatic heterocycles. The minimum atomic E-state index is -3.79. The molecule has 1 N–H and O–H groups in total. The summed E-state index contributed by atoms with van der Waals surface area (Å²) in [5.41, 5.74) is 0. The Labute approximate surface area is 164 Å². The van der Waals surface area contributed by atoms with Gasteiger partial charge in [-0.1, -0.05) is 43.2 Å². The summed E-state index contributed by atoms with van der Waals surface area (Å²) in [6.07, 6.45) is 1.74. The molecule has 0 spiro atoms. The Hall–Kier alpha value is -2.54. The van der Waals surface area contributed by atoms with Crippen molar-refractivity contribution in [3.8, 4) is 11.5 Å². The van der Waals surface area contributed by atoms with Crippen LogP contribution in [0.25, 0.3) is 0 Å². The maximum absolute atomic E-state index is 13.3. The van der Waals surface area contributed by atoms with Gasteiger partial charge in [0.25, 0.3) is 0 Å². The molecule has 28 heavy (non-hydrogen) atoms. The van der Waals surface area contributed by atoms with Gasteiger partial charge < -0.3 is 14.8 Å². The first kappa shape index (κ1) is 18.8. The maximum atomic E-state index is 13.3. The fourth-order valence-corrected chi connectivity index (χ4v) is 6.03. The molecular weight excluding hydrogens is 378 g/mol. The smallest absolute Gasteiger partial charge is 0.241 e. The van der Waals surface area contributed by atoms with E-state index in [1.807, 2.05) is 24.3 Å². The van der Waals surface area contributed by atoms with Crippen molar-refractivity contribution in [3.63, 3.8) is 0 Å². The third-order valence-corrected chi connectivity index (χ3v) is 7.97. The molecule has 1 unspecified atom stereocenters. The van der Waals surface area contributed by atoms with Crippen LogP contribution >= 0.6 is 0 Å². The Morgan fingerprint density at radius 2 is 1.64 bits per heavy atom. The minimum absolute atomic E-state index is 0.193. The fraction of sp³-hybridized carbons (Fsp3) is 0.381. The van der Waals surface area contributed by atoms with E-state index in [2.05, 4.69) is 5.32 Å². The van der Waals surface area contributed by atoms with Crippen LogP contribution in [0.2, 0.25) is 0 Å². The van der Waals surface area contributed by atoms with Gasteiger partial charge in [-0.15, -0.1) is 0 Å². The molecule has 0 saturated heterocycles. The number of rotatable bonds is 5. The molecule has 1 aliphatic carbocycles. The Morgan fingerprint density at radius 3 is 2.36 bits per heavy atom. The summed E-state index contributed by atoms with van der Waals surface area (Å²) in [7, 11) is -3.79. The highest BCUT2D eigenvalue weighted by Gasteiger charge is 2.52. The SMILES string of the molecule is O=C(NCC1COc2ccccc2O1)C1(S(=O)(=O)c2ccccc2)CCCC1. The van der Waals surface area contributed by atoms with E-state index in [1.54, 1.807) is 30.3 Å². The third kappa shape index (κ3) is 3.24. The molecule has 7 heteroatoms. The zero-order valence-electron chi connectivity index (χ0n) is 15.5. The van der Waals surface area contributed by atoms with Gasteiger partial charge in [0.1, 0.15) is 12.7 Å². The lowest BCUT2D eigenvalue weighted by Gasteiger charge is -2.30. The first-order valence-electron chi connectivity index (χ1n) is 9.49. The van der Waals surface area contributed by atoms with Crippen molar-refractivity contribution < 1.29 is 22.7 Å². The summed E-state index contributed by atoms with van der Waals surface area (Å²) < 4.78 is 36.7. The van der Waals surface area contributed by atoms with Crippen molar-refractivity contribution in [2.24, 2.45) is 0 Å². The van der Waals surface area contributed by atoms with Crippen LogP contribution in [0.1, 0.15) is 25.7 Å². The molecule has 0 bridgehead atoms. The lowest BCUT2D eigenvalue weighted by atomic mass is 10.1. The van der Waals surface area contributed by atoms with E-state index in [4.69, 9.17) is 9.47 Å². The average molecular weight is 401 g/mol. The Balaban J connectivity index is 1.49. The lowest BCUT2D eigenvalue weighted by Crippen LogP contribution is -2.53. The molecule has 1 atom stereocenters. The first-order valence-corrected chi connectivity index (χ1v) is 11.0. The van der Waals surface area contributed by atoms with Crippen molar-refractivity contribution in [1.82, 2.24) is 5.32 Å². The number of hydrogen-bond donors (Lipinski definition) is 1. The number of hydrogen-bond acceptors (Lipinski definition) is 5. The summed E-state index contributed by atoms with van der Waals surface area (Å²) >= 11 is 0. The highest BCUT2D eigenvalue weighted by atomic mass is 32.2. The van der Waals surface area contributed by atoms with Crippen molar-refractivity contribution in [2.75, 3.05) is 13.2 Å². The van der Waals surface area contributed by atoms with Crippen molar-refractivity contribution in [1.29, 1.82) is 0 Å². The van der Waals surface area contributed by atoms with Crippen LogP contribution in [0.4, 0.5) is 0 Å². The zero-order chi connectivity index (χ0) is 19.6. The molecular formula is C21H23NO5S. The topological polar surface area (TPSA) is 81.7 Å². The second-order valence-electron chi connectivity index (χ2n) is 7.23.